The molecule has 0 aliphatic rings. The van der Waals surface area contributed by atoms with Gasteiger partial charge in [-0.1, -0.05) is 24.3 Å². The number of aliphatic hydroxyl groups is 1. The second-order valence-corrected chi connectivity index (χ2v) is 4.82. The second-order valence-electron chi connectivity index (χ2n) is 4.82. The molecule has 0 fully saturated rings. The minimum atomic E-state index is -0.697. The lowest BCUT2D eigenvalue weighted by atomic mass is 10.1. The van der Waals surface area contributed by atoms with Crippen molar-refractivity contribution in [2.45, 2.75) is 12.5 Å². The first-order valence-electron chi connectivity index (χ1n) is 6.45. The number of fused-ring (bicyclic) bond motifs is 1. The Morgan fingerprint density at radius 1 is 1.25 bits per heavy atom. The van der Waals surface area contributed by atoms with Crippen molar-refractivity contribution in [2.75, 3.05) is 5.73 Å². The van der Waals surface area contributed by atoms with E-state index in [1.165, 1.54) is 0 Å². The van der Waals surface area contributed by atoms with Gasteiger partial charge in [0.15, 0.2) is 0 Å². The summed E-state index contributed by atoms with van der Waals surface area (Å²) in [6.45, 7) is 0. The Hall–Kier alpha value is -2.40. The van der Waals surface area contributed by atoms with Crippen LogP contribution in [0.2, 0.25) is 0 Å². The van der Waals surface area contributed by atoms with Gasteiger partial charge in [0, 0.05) is 30.1 Å². The molecule has 5 heteroatoms. The lowest BCUT2D eigenvalue weighted by molar-refractivity contribution is 0.178. The van der Waals surface area contributed by atoms with Gasteiger partial charge in [0.05, 0.1) is 17.8 Å². The zero-order valence-corrected chi connectivity index (χ0v) is 11.2. The zero-order chi connectivity index (χ0) is 14.1. The minimum Gasteiger partial charge on any atom is -0.388 e. The average molecular weight is 268 g/mol. The molecule has 0 spiro atoms. The Labute approximate surface area is 116 Å². The SMILES string of the molecule is Cn1ncc(C(O)Cc2ccc3ccccc3n2)c1N. The van der Waals surface area contributed by atoms with Crippen LogP contribution in [0.1, 0.15) is 17.4 Å². The van der Waals surface area contributed by atoms with Crippen LogP contribution in [-0.2, 0) is 13.5 Å². The van der Waals surface area contributed by atoms with Gasteiger partial charge in [0.1, 0.15) is 5.82 Å². The van der Waals surface area contributed by atoms with Crippen molar-refractivity contribution in [3.05, 3.63) is 53.9 Å². The van der Waals surface area contributed by atoms with Crippen molar-refractivity contribution in [3.8, 4) is 0 Å². The summed E-state index contributed by atoms with van der Waals surface area (Å²) in [5.41, 5.74) is 8.27. The quantitative estimate of drug-likeness (QED) is 0.759. The topological polar surface area (TPSA) is 77.0 Å². The first-order chi connectivity index (χ1) is 9.65. The third-order valence-electron chi connectivity index (χ3n) is 3.43. The van der Waals surface area contributed by atoms with Gasteiger partial charge < -0.3 is 10.8 Å². The predicted octanol–water partition coefficient (Wildman–Crippen LogP) is 1.83. The summed E-state index contributed by atoms with van der Waals surface area (Å²) >= 11 is 0. The van der Waals surface area contributed by atoms with Crippen molar-refractivity contribution >= 4 is 16.7 Å². The maximum Gasteiger partial charge on any atom is 0.127 e. The number of aromatic nitrogens is 3. The van der Waals surface area contributed by atoms with E-state index in [-0.39, 0.29) is 0 Å². The van der Waals surface area contributed by atoms with Gasteiger partial charge in [-0.3, -0.25) is 9.67 Å². The number of nitrogens with zero attached hydrogens (tertiary/aromatic N) is 3. The van der Waals surface area contributed by atoms with Crippen molar-refractivity contribution in [3.63, 3.8) is 0 Å². The van der Waals surface area contributed by atoms with Gasteiger partial charge in [0.2, 0.25) is 0 Å². The molecule has 20 heavy (non-hydrogen) atoms. The molecule has 3 rings (SSSR count). The maximum absolute atomic E-state index is 10.3. The zero-order valence-electron chi connectivity index (χ0n) is 11.2. The number of para-hydroxylation sites is 1. The smallest absolute Gasteiger partial charge is 0.127 e. The van der Waals surface area contributed by atoms with Crippen molar-refractivity contribution in [1.82, 2.24) is 14.8 Å². The van der Waals surface area contributed by atoms with Crippen LogP contribution in [0.5, 0.6) is 0 Å². The largest absolute Gasteiger partial charge is 0.388 e. The minimum absolute atomic E-state index is 0.417. The molecule has 3 aromatic rings. The van der Waals surface area contributed by atoms with Gasteiger partial charge in [0.25, 0.3) is 0 Å². The first kappa shape index (κ1) is 12.6. The Bertz CT molecular complexity index is 750. The number of aryl methyl sites for hydroxylation is 1. The van der Waals surface area contributed by atoms with Gasteiger partial charge in [-0.2, -0.15) is 5.10 Å². The standard InChI is InChI=1S/C15H16N4O/c1-19-15(16)12(9-17-19)14(20)8-11-7-6-10-4-2-3-5-13(10)18-11/h2-7,9,14,20H,8,16H2,1H3. The van der Waals surface area contributed by atoms with Crippen LogP contribution in [0.25, 0.3) is 10.9 Å². The molecule has 1 atom stereocenters. The molecule has 5 nitrogen and oxygen atoms in total. The second kappa shape index (κ2) is 4.94. The number of benzene rings is 1. The number of nitrogen functional groups attached to an aromatic ring is 1. The normalized spacial score (nSPS) is 12.7. The molecular formula is C15H16N4O. The molecular weight excluding hydrogens is 252 g/mol. The molecule has 102 valence electrons. The van der Waals surface area contributed by atoms with Crippen LogP contribution in [0, 0.1) is 0 Å². The molecule has 1 aromatic carbocycles. The van der Waals surface area contributed by atoms with Gasteiger partial charge in [-0.25, -0.2) is 0 Å². The number of pyridine rings is 1. The lowest BCUT2D eigenvalue weighted by Gasteiger charge is -2.10. The van der Waals surface area contributed by atoms with E-state index in [0.717, 1.165) is 16.6 Å². The predicted molar refractivity (Wildman–Crippen MR) is 78.0 cm³/mol. The summed E-state index contributed by atoms with van der Waals surface area (Å²) in [4.78, 5) is 4.55. The van der Waals surface area contributed by atoms with Crippen LogP contribution in [-0.4, -0.2) is 19.9 Å². The number of hydrogen-bond acceptors (Lipinski definition) is 4. The van der Waals surface area contributed by atoms with E-state index >= 15 is 0 Å². The van der Waals surface area contributed by atoms with E-state index in [4.69, 9.17) is 5.73 Å². The van der Waals surface area contributed by atoms with E-state index in [1.807, 2.05) is 36.4 Å². The van der Waals surface area contributed by atoms with Crippen LogP contribution < -0.4 is 5.73 Å². The number of hydrogen-bond donors (Lipinski definition) is 2. The highest BCUT2D eigenvalue weighted by Crippen LogP contribution is 2.23. The molecule has 0 saturated carbocycles. The van der Waals surface area contributed by atoms with Crippen LogP contribution in [0.4, 0.5) is 5.82 Å². The fourth-order valence-corrected chi connectivity index (χ4v) is 2.25. The number of aliphatic hydroxyl groups excluding tert-OH is 1. The average Bonchev–Trinajstić information content (AvgIpc) is 2.79. The first-order valence-corrected chi connectivity index (χ1v) is 6.45. The van der Waals surface area contributed by atoms with E-state index in [0.29, 0.717) is 17.8 Å². The molecule has 0 radical (unpaired) electrons. The van der Waals surface area contributed by atoms with Gasteiger partial charge >= 0.3 is 0 Å². The summed E-state index contributed by atoms with van der Waals surface area (Å²) in [5, 5.41) is 15.4. The summed E-state index contributed by atoms with van der Waals surface area (Å²) in [6.07, 6.45) is 1.32. The lowest BCUT2D eigenvalue weighted by Crippen LogP contribution is -2.07. The van der Waals surface area contributed by atoms with E-state index < -0.39 is 6.10 Å². The number of anilines is 1. The Balaban J connectivity index is 1.87. The molecule has 0 aliphatic heterocycles. The Kier molecular flexibility index (Phi) is 3.12. The molecule has 3 N–H and O–H groups in total. The molecule has 0 aliphatic carbocycles. The summed E-state index contributed by atoms with van der Waals surface area (Å²) in [6, 6.07) is 11.9. The molecule has 1 unspecified atom stereocenters. The van der Waals surface area contributed by atoms with Crippen molar-refractivity contribution < 1.29 is 5.11 Å². The Morgan fingerprint density at radius 3 is 2.80 bits per heavy atom. The molecule has 2 aromatic heterocycles. The van der Waals surface area contributed by atoms with E-state index in [9.17, 15) is 5.11 Å². The van der Waals surface area contributed by atoms with Gasteiger partial charge in [-0.15, -0.1) is 0 Å². The van der Waals surface area contributed by atoms with Crippen LogP contribution in [0.3, 0.4) is 0 Å². The molecule has 0 saturated heterocycles. The highest BCUT2D eigenvalue weighted by Gasteiger charge is 2.16. The highest BCUT2D eigenvalue weighted by atomic mass is 16.3. The third kappa shape index (κ3) is 2.23. The fraction of sp³-hybridized carbons (Fsp3) is 0.200. The fourth-order valence-electron chi connectivity index (χ4n) is 2.25. The van der Waals surface area contributed by atoms with Crippen molar-refractivity contribution in [1.29, 1.82) is 0 Å². The molecule has 0 bridgehead atoms. The van der Waals surface area contributed by atoms with Gasteiger partial charge in [-0.05, 0) is 12.1 Å². The summed E-state index contributed by atoms with van der Waals surface area (Å²) in [7, 11) is 1.75. The van der Waals surface area contributed by atoms with E-state index in [2.05, 4.69) is 10.1 Å². The molecule has 2 heterocycles. The number of nitrogens with two attached hydrogens (primary N) is 1. The van der Waals surface area contributed by atoms with Crippen molar-refractivity contribution in [2.24, 2.45) is 7.05 Å². The Morgan fingerprint density at radius 2 is 2.05 bits per heavy atom. The van der Waals surface area contributed by atoms with Crippen LogP contribution >= 0.6 is 0 Å². The third-order valence-corrected chi connectivity index (χ3v) is 3.43. The highest BCUT2D eigenvalue weighted by molar-refractivity contribution is 5.78. The summed E-state index contributed by atoms with van der Waals surface area (Å²) < 4.78 is 1.55. The van der Waals surface area contributed by atoms with Crippen LogP contribution in [0.15, 0.2) is 42.6 Å². The summed E-state index contributed by atoms with van der Waals surface area (Å²) in [5.74, 6) is 0.485. The van der Waals surface area contributed by atoms with E-state index in [1.54, 1.807) is 17.9 Å². The number of rotatable bonds is 3. The maximum atomic E-state index is 10.3. The monoisotopic (exact) mass is 268 g/mol. The molecule has 0 amide bonds.